The standard InChI is InChI=1S/C20H14N4O3S/c25-16-9-24(14-7-3-2-6-13(14)23-16)17(26)10-28-20-19-18(21-11-22-20)12-5-1-4-8-15(12)27-19/h1-8,11H,9-10H2,(H,23,25). The minimum absolute atomic E-state index is 0.000227. The van der Waals surface area contributed by atoms with Crippen molar-refractivity contribution in [2.45, 2.75) is 5.03 Å². The van der Waals surface area contributed by atoms with Crippen LogP contribution in [0.5, 0.6) is 0 Å². The normalized spacial score (nSPS) is 13.6. The van der Waals surface area contributed by atoms with Gasteiger partial charge in [-0.15, -0.1) is 0 Å². The summed E-state index contributed by atoms with van der Waals surface area (Å²) in [4.78, 5) is 34.9. The Hall–Kier alpha value is -3.39. The minimum atomic E-state index is -0.209. The highest BCUT2D eigenvalue weighted by Crippen LogP contribution is 2.33. The molecule has 1 aliphatic heterocycles. The highest BCUT2D eigenvalue weighted by molar-refractivity contribution is 8.00. The third-order valence-electron chi connectivity index (χ3n) is 4.53. The number of thioether (sulfide) groups is 1. The Kier molecular flexibility index (Phi) is 3.98. The fraction of sp³-hybridized carbons (Fsp3) is 0.100. The summed E-state index contributed by atoms with van der Waals surface area (Å²) < 4.78 is 5.90. The first-order chi connectivity index (χ1) is 13.7. The molecule has 0 aliphatic carbocycles. The molecule has 0 saturated heterocycles. The molecule has 0 spiro atoms. The quantitative estimate of drug-likeness (QED) is 0.426. The molecule has 1 aliphatic rings. The molecule has 8 heteroatoms. The van der Waals surface area contributed by atoms with E-state index in [0.29, 0.717) is 22.0 Å². The van der Waals surface area contributed by atoms with Crippen LogP contribution in [0.3, 0.4) is 0 Å². The molecule has 0 unspecified atom stereocenters. The average molecular weight is 390 g/mol. The molecule has 0 saturated carbocycles. The van der Waals surface area contributed by atoms with Gasteiger partial charge in [0.2, 0.25) is 11.8 Å². The van der Waals surface area contributed by atoms with Gasteiger partial charge in [-0.2, -0.15) is 0 Å². The number of rotatable bonds is 3. The Morgan fingerprint density at radius 3 is 2.89 bits per heavy atom. The van der Waals surface area contributed by atoms with E-state index in [1.165, 1.54) is 23.0 Å². The Morgan fingerprint density at radius 2 is 1.96 bits per heavy atom. The smallest absolute Gasteiger partial charge is 0.244 e. The van der Waals surface area contributed by atoms with Crippen LogP contribution in [-0.4, -0.2) is 34.1 Å². The molecule has 4 aromatic rings. The lowest BCUT2D eigenvalue weighted by Crippen LogP contribution is -2.43. The average Bonchev–Trinajstić information content (AvgIpc) is 3.10. The van der Waals surface area contributed by atoms with Crippen LogP contribution in [0.1, 0.15) is 0 Å². The van der Waals surface area contributed by atoms with E-state index < -0.39 is 0 Å². The van der Waals surface area contributed by atoms with E-state index in [2.05, 4.69) is 15.3 Å². The van der Waals surface area contributed by atoms with Gasteiger partial charge in [-0.05, 0) is 24.3 Å². The predicted molar refractivity (Wildman–Crippen MR) is 107 cm³/mol. The number of aromatic nitrogens is 2. The largest absolute Gasteiger partial charge is 0.451 e. The Labute approximate surface area is 163 Å². The summed E-state index contributed by atoms with van der Waals surface area (Å²) in [5.41, 5.74) is 3.36. The zero-order valence-corrected chi connectivity index (χ0v) is 15.4. The molecule has 7 nitrogen and oxygen atoms in total. The number of nitrogens with one attached hydrogen (secondary N) is 1. The van der Waals surface area contributed by atoms with E-state index in [1.807, 2.05) is 42.5 Å². The van der Waals surface area contributed by atoms with E-state index >= 15 is 0 Å². The van der Waals surface area contributed by atoms with Gasteiger partial charge in [-0.25, -0.2) is 9.97 Å². The molecular formula is C20H14N4O3S. The first-order valence-corrected chi connectivity index (χ1v) is 9.63. The lowest BCUT2D eigenvalue weighted by molar-refractivity contribution is -0.120. The summed E-state index contributed by atoms with van der Waals surface area (Å²) in [7, 11) is 0. The molecule has 0 bridgehead atoms. The first-order valence-electron chi connectivity index (χ1n) is 8.65. The number of amides is 2. The van der Waals surface area contributed by atoms with Crippen molar-refractivity contribution < 1.29 is 14.0 Å². The summed E-state index contributed by atoms with van der Waals surface area (Å²) in [5.74, 6) is -0.251. The fourth-order valence-electron chi connectivity index (χ4n) is 3.27. The maximum absolute atomic E-state index is 12.8. The second kappa shape index (κ2) is 6.65. The topological polar surface area (TPSA) is 88.3 Å². The molecule has 0 atom stereocenters. The van der Waals surface area contributed by atoms with Crippen LogP contribution < -0.4 is 10.2 Å². The van der Waals surface area contributed by atoms with Gasteiger partial charge in [-0.1, -0.05) is 36.0 Å². The summed E-state index contributed by atoms with van der Waals surface area (Å²) >= 11 is 1.28. The number of fused-ring (bicyclic) bond motifs is 4. The van der Waals surface area contributed by atoms with Crippen LogP contribution >= 0.6 is 11.8 Å². The maximum Gasteiger partial charge on any atom is 0.244 e. The molecular weight excluding hydrogens is 376 g/mol. The highest BCUT2D eigenvalue weighted by atomic mass is 32.2. The molecule has 2 aromatic carbocycles. The molecule has 2 amide bonds. The number of hydrogen-bond acceptors (Lipinski definition) is 6. The van der Waals surface area contributed by atoms with Crippen molar-refractivity contribution in [1.82, 2.24) is 9.97 Å². The van der Waals surface area contributed by atoms with Crippen LogP contribution in [0.15, 0.2) is 64.3 Å². The number of carbonyl (C=O) groups is 2. The van der Waals surface area contributed by atoms with Gasteiger partial charge in [0.1, 0.15) is 29.0 Å². The van der Waals surface area contributed by atoms with Gasteiger partial charge in [0, 0.05) is 5.39 Å². The molecule has 3 heterocycles. The zero-order valence-electron chi connectivity index (χ0n) is 14.6. The summed E-state index contributed by atoms with van der Waals surface area (Å²) in [6.07, 6.45) is 1.47. The Morgan fingerprint density at radius 1 is 1.14 bits per heavy atom. The van der Waals surface area contributed by atoms with Crippen molar-refractivity contribution in [3.63, 3.8) is 0 Å². The number of anilines is 2. The second-order valence-corrected chi connectivity index (χ2v) is 7.25. The highest BCUT2D eigenvalue weighted by Gasteiger charge is 2.27. The number of nitrogens with zero attached hydrogens (tertiary/aromatic N) is 3. The van der Waals surface area contributed by atoms with Crippen molar-refractivity contribution in [3.05, 3.63) is 54.9 Å². The van der Waals surface area contributed by atoms with Crippen molar-refractivity contribution >= 4 is 57.0 Å². The monoisotopic (exact) mass is 390 g/mol. The van der Waals surface area contributed by atoms with Gasteiger partial charge < -0.3 is 14.6 Å². The van der Waals surface area contributed by atoms with Crippen LogP contribution in [0.25, 0.3) is 22.1 Å². The predicted octanol–water partition coefficient (Wildman–Crippen LogP) is 3.45. The lowest BCUT2D eigenvalue weighted by atomic mass is 10.2. The molecule has 5 rings (SSSR count). The van der Waals surface area contributed by atoms with E-state index in [4.69, 9.17) is 4.42 Å². The van der Waals surface area contributed by atoms with Crippen molar-refractivity contribution in [2.24, 2.45) is 0 Å². The number of furan rings is 1. The maximum atomic E-state index is 12.8. The summed E-state index contributed by atoms with van der Waals surface area (Å²) in [6, 6.07) is 14.9. The Balaban J connectivity index is 1.42. The molecule has 138 valence electrons. The van der Waals surface area contributed by atoms with Crippen LogP contribution in [0.2, 0.25) is 0 Å². The van der Waals surface area contributed by atoms with Gasteiger partial charge in [-0.3, -0.25) is 9.59 Å². The van der Waals surface area contributed by atoms with E-state index in [1.54, 1.807) is 6.07 Å². The zero-order chi connectivity index (χ0) is 19.1. The van der Waals surface area contributed by atoms with Gasteiger partial charge in [0.25, 0.3) is 0 Å². The molecule has 0 fully saturated rings. The van der Waals surface area contributed by atoms with E-state index in [-0.39, 0.29) is 24.1 Å². The molecule has 2 aromatic heterocycles. The molecule has 1 N–H and O–H groups in total. The van der Waals surface area contributed by atoms with Crippen LogP contribution in [-0.2, 0) is 9.59 Å². The van der Waals surface area contributed by atoms with Crippen molar-refractivity contribution in [2.75, 3.05) is 22.5 Å². The number of benzene rings is 2. The van der Waals surface area contributed by atoms with E-state index in [0.717, 1.165) is 16.5 Å². The lowest BCUT2D eigenvalue weighted by Gasteiger charge is -2.29. The van der Waals surface area contributed by atoms with E-state index in [9.17, 15) is 9.59 Å². The molecule has 0 radical (unpaired) electrons. The molecule has 28 heavy (non-hydrogen) atoms. The summed E-state index contributed by atoms with van der Waals surface area (Å²) in [5, 5.41) is 4.30. The van der Waals surface area contributed by atoms with Gasteiger partial charge >= 0.3 is 0 Å². The van der Waals surface area contributed by atoms with Crippen LogP contribution in [0.4, 0.5) is 11.4 Å². The summed E-state index contributed by atoms with van der Waals surface area (Å²) in [6.45, 7) is 0.000227. The fourth-order valence-corrected chi connectivity index (χ4v) is 4.08. The van der Waals surface area contributed by atoms with Gasteiger partial charge in [0.15, 0.2) is 5.58 Å². The second-order valence-electron chi connectivity index (χ2n) is 6.29. The SMILES string of the molecule is O=C1CN(C(=O)CSc2ncnc3c2oc2ccccc23)c2ccccc2N1. The Bertz CT molecular complexity index is 1240. The first kappa shape index (κ1) is 16.8. The minimum Gasteiger partial charge on any atom is -0.451 e. The number of carbonyl (C=O) groups excluding carboxylic acids is 2. The third kappa shape index (κ3) is 2.78. The third-order valence-corrected chi connectivity index (χ3v) is 5.48. The van der Waals surface area contributed by atoms with Crippen LogP contribution in [0, 0.1) is 0 Å². The number of hydrogen-bond donors (Lipinski definition) is 1. The van der Waals surface area contributed by atoms with Crippen molar-refractivity contribution in [1.29, 1.82) is 0 Å². The van der Waals surface area contributed by atoms with Gasteiger partial charge in [0.05, 0.1) is 17.1 Å². The van der Waals surface area contributed by atoms with Crippen molar-refractivity contribution in [3.8, 4) is 0 Å². The number of para-hydroxylation sites is 3.